The number of methoxy groups -OCH3 is 1. The number of nitrogens with zero attached hydrogens (tertiary/aromatic N) is 16. The minimum absolute atomic E-state index is 0.608. The van der Waals surface area contributed by atoms with Crippen LogP contribution in [0.15, 0.2) is 513 Å². The third-order valence-corrected chi connectivity index (χ3v) is 29.5. The average molecular weight is 1940 g/mol. The minimum atomic E-state index is 0.608. The molecule has 0 aliphatic carbocycles. The molecule has 31 aromatic rings. The Morgan fingerprint density at radius 3 is 0.820 bits per heavy atom. The van der Waals surface area contributed by atoms with Crippen LogP contribution in [0.3, 0.4) is 0 Å². The van der Waals surface area contributed by atoms with Crippen LogP contribution >= 0.6 is 11.8 Å². The molecule has 0 saturated heterocycles. The van der Waals surface area contributed by atoms with Crippen molar-refractivity contribution < 1.29 is 4.74 Å². The van der Waals surface area contributed by atoms with E-state index in [1.54, 1.807) is 18.9 Å². The molecule has 0 saturated carbocycles. The molecule has 11 aromatic heterocycles. The topological polar surface area (TPSA) is 160 Å². The van der Waals surface area contributed by atoms with Crippen LogP contribution < -0.4 is 4.74 Å². The second kappa shape index (κ2) is 37.0. The van der Waals surface area contributed by atoms with E-state index in [4.69, 9.17) is 49.6 Å². The van der Waals surface area contributed by atoms with Gasteiger partial charge in [-0.25, -0.2) is 34.9 Å². The first-order chi connectivity index (χ1) is 74.4. The second-order valence-corrected chi connectivity index (χ2v) is 38.1. The van der Waals surface area contributed by atoms with Crippen LogP contribution in [0.4, 0.5) is 0 Å². The molecule has 20 aromatic carbocycles. The van der Waals surface area contributed by atoms with Gasteiger partial charge in [0.15, 0.2) is 17.5 Å². The summed E-state index contributed by atoms with van der Waals surface area (Å²) in [4.78, 5) is 48.0. The van der Waals surface area contributed by atoms with Crippen molar-refractivity contribution >= 4 is 186 Å². The third-order valence-electron chi connectivity index (χ3n) is 28.5. The van der Waals surface area contributed by atoms with Crippen molar-refractivity contribution in [3.05, 3.63) is 504 Å². The fourth-order valence-electron chi connectivity index (χ4n) is 21.9. The summed E-state index contributed by atoms with van der Waals surface area (Å²) in [5.41, 5.74) is 22.5. The number of benzene rings is 20. The molecule has 17 nitrogen and oxygen atoms in total. The van der Waals surface area contributed by atoms with E-state index in [-0.39, 0.29) is 0 Å². The van der Waals surface area contributed by atoms with E-state index in [1.807, 2.05) is 66.7 Å². The molecule has 0 aliphatic rings. The molecule has 11 heterocycles. The molecule has 0 unspecified atom stereocenters. The lowest BCUT2D eigenvalue weighted by Crippen LogP contribution is -2.07. The number of hydrogen-bond donors (Lipinski definition) is 0. The van der Waals surface area contributed by atoms with Crippen LogP contribution in [0.5, 0.6) is 5.75 Å². The number of hydrogen-bond acceptors (Lipinski definition) is 11. The number of imidazole rings is 1. The van der Waals surface area contributed by atoms with E-state index in [2.05, 4.69) is 469 Å². The summed E-state index contributed by atoms with van der Waals surface area (Å²) in [6.07, 6.45) is 0. The molecule has 0 fully saturated rings. The largest absolute Gasteiger partial charge is 0.497 e. The van der Waals surface area contributed by atoms with E-state index < -0.39 is 0 Å². The van der Waals surface area contributed by atoms with Gasteiger partial charge in [-0.1, -0.05) is 376 Å². The summed E-state index contributed by atoms with van der Waals surface area (Å²) in [6.45, 7) is 0. The normalized spacial score (nSPS) is 11.7. The molecule has 0 spiro atoms. The lowest BCUT2D eigenvalue weighted by Gasteiger charge is -2.15. The summed E-state index contributed by atoms with van der Waals surface area (Å²) in [5, 5.41) is 19.3. The molecule has 0 amide bonds. The van der Waals surface area contributed by atoms with Crippen molar-refractivity contribution in [1.29, 1.82) is 0 Å². The van der Waals surface area contributed by atoms with Gasteiger partial charge in [0.1, 0.15) is 16.5 Å². The Morgan fingerprint density at radius 2 is 0.453 bits per heavy atom. The summed E-state index contributed by atoms with van der Waals surface area (Å²) in [7, 11) is 1.68. The highest BCUT2D eigenvalue weighted by molar-refractivity contribution is 7.99. The van der Waals surface area contributed by atoms with Gasteiger partial charge in [-0.2, -0.15) is 9.97 Å². The predicted molar refractivity (Wildman–Crippen MR) is 615 cm³/mol. The lowest BCUT2D eigenvalue weighted by atomic mass is 10.0. The fraction of sp³-hybridized carbons (Fsp3) is 0.00758. The van der Waals surface area contributed by atoms with Crippen molar-refractivity contribution in [3.8, 4) is 80.9 Å². The standard InChI is InChI=1S/C41H27N5.C33H22N4O.C32H20N4.C26H17N3S/c1-4-16-28(17-5-1)37-39(29-18-6-2-7-19-29)45(30-20-8-3-9-21-30)40(43-37)38-33-24-10-13-25-34(33)42-41(44-38)46-35-26-14-11-22-31(35)32-23-12-15-27-36(32)46;1-38-21-18-19-26-27(20-21)34-33(37-30-16-8-4-12-24(30)25-13-5-9-17-31(25)37)35-32(26)36-28-14-6-2-10-22(28)23-11-3-7-15-29(23)36;1-6-16-26-25(15-1)31(35-27-17-7-2-11-21(27)22-12-3-8-18-28(22)35)34-32(33-26)36-29-19-9-4-13-23(29)24-14-5-10-20-30(24)36;1-2-10-18(11-3-1)30-25-21-14-4-7-15-22(21)27-26(28-25)29-23-16-8-5-12-19(23)20-13-6-9-17-24(20)29/h1-27H;2-20H,1H3;1-20H;1-17H. The SMILES string of the molecule is COc1ccc2c(-n3c4ccccc4c4ccccc43)nc(-n3c4ccccc4c4ccccc43)nc2c1.c1ccc(-c2nc(-c3nc(-n4c5ccccc5c5ccccc54)nc4ccccc34)n(-c3ccccc3)c2-c2ccccc2)cc1.c1ccc(Sc2nc(-n3c4ccccc4c4ccccc43)nc3ccccc23)cc1.c1ccc2c(-n3c4ccccc4c4ccccc43)nc(-n3c4ccccc4c4ccccc43)nc2c1. The van der Waals surface area contributed by atoms with E-state index in [0.29, 0.717) is 23.8 Å². The van der Waals surface area contributed by atoms with Gasteiger partial charge >= 0.3 is 0 Å². The molecular weight excluding hydrogens is 1860 g/mol. The Balaban J connectivity index is 0.0000000970. The number of para-hydroxylation sites is 16. The van der Waals surface area contributed by atoms with Crippen LogP contribution in [0.1, 0.15) is 0 Å². The van der Waals surface area contributed by atoms with Crippen LogP contribution in [0, 0.1) is 0 Å². The highest BCUT2D eigenvalue weighted by Crippen LogP contribution is 2.46. The first-order valence-electron chi connectivity index (χ1n) is 50.0. The van der Waals surface area contributed by atoms with Crippen molar-refractivity contribution in [3.63, 3.8) is 0 Å². The molecule has 18 heteroatoms. The molecule has 31 rings (SSSR count). The van der Waals surface area contributed by atoms with Gasteiger partial charge in [-0.3, -0.25) is 32.0 Å². The first-order valence-corrected chi connectivity index (χ1v) is 50.8. The molecule has 0 atom stereocenters. The van der Waals surface area contributed by atoms with Crippen molar-refractivity contribution in [1.82, 2.24) is 76.8 Å². The van der Waals surface area contributed by atoms with Crippen molar-refractivity contribution in [2.45, 2.75) is 9.92 Å². The van der Waals surface area contributed by atoms with Gasteiger partial charge in [0.05, 0.1) is 107 Å². The van der Waals surface area contributed by atoms with E-state index in [0.717, 1.165) is 177 Å². The Hall–Kier alpha value is -20.1. The molecule has 150 heavy (non-hydrogen) atoms. The van der Waals surface area contributed by atoms with Gasteiger partial charge in [0.25, 0.3) is 0 Å². The predicted octanol–water partition coefficient (Wildman–Crippen LogP) is 32.4. The van der Waals surface area contributed by atoms with Crippen molar-refractivity contribution in [2.75, 3.05) is 7.11 Å². The van der Waals surface area contributed by atoms with E-state index in [9.17, 15) is 0 Å². The zero-order valence-electron chi connectivity index (χ0n) is 80.9. The Labute approximate surface area is 863 Å². The van der Waals surface area contributed by atoms with E-state index >= 15 is 0 Å². The Bertz CT molecular complexity index is 10400. The maximum atomic E-state index is 5.59. The maximum absolute atomic E-state index is 5.59. The Kier molecular flexibility index (Phi) is 21.6. The molecule has 706 valence electrons. The smallest absolute Gasteiger partial charge is 0.237 e. The summed E-state index contributed by atoms with van der Waals surface area (Å²) in [6, 6.07) is 174. The Morgan fingerprint density at radius 1 is 0.187 bits per heavy atom. The van der Waals surface area contributed by atoms with Gasteiger partial charge in [-0.15, -0.1) is 0 Å². The van der Waals surface area contributed by atoms with Gasteiger partial charge < -0.3 is 4.74 Å². The number of rotatable bonds is 13. The number of ether oxygens (including phenoxy) is 1. The zero-order valence-corrected chi connectivity index (χ0v) is 81.7. The van der Waals surface area contributed by atoms with Crippen molar-refractivity contribution in [2.24, 2.45) is 0 Å². The highest BCUT2D eigenvalue weighted by Gasteiger charge is 2.30. The van der Waals surface area contributed by atoms with Gasteiger partial charge in [0, 0.05) is 114 Å². The molecule has 0 radical (unpaired) electrons. The first kappa shape index (κ1) is 87.7. The second-order valence-electron chi connectivity index (χ2n) is 37.0. The lowest BCUT2D eigenvalue weighted by molar-refractivity contribution is 0.415. The summed E-state index contributed by atoms with van der Waals surface area (Å²) >= 11 is 1.67. The monoisotopic (exact) mass is 1940 g/mol. The fourth-order valence-corrected chi connectivity index (χ4v) is 22.8. The molecule has 0 bridgehead atoms. The maximum Gasteiger partial charge on any atom is 0.237 e. The highest BCUT2D eigenvalue weighted by atomic mass is 32.2. The molecule has 0 N–H and O–H groups in total. The van der Waals surface area contributed by atoms with Crippen LogP contribution in [0.2, 0.25) is 0 Å². The van der Waals surface area contributed by atoms with Crippen LogP contribution in [-0.2, 0) is 0 Å². The van der Waals surface area contributed by atoms with Gasteiger partial charge in [0.2, 0.25) is 23.8 Å². The number of aromatic nitrogens is 16. The van der Waals surface area contributed by atoms with Crippen LogP contribution in [-0.4, -0.2) is 83.9 Å². The third kappa shape index (κ3) is 14.9. The summed E-state index contributed by atoms with van der Waals surface area (Å²) < 4.78 is 21.1. The van der Waals surface area contributed by atoms with Gasteiger partial charge in [-0.05, 0) is 133 Å². The summed E-state index contributed by atoms with van der Waals surface area (Å²) in [5.74, 6) is 5.84. The van der Waals surface area contributed by atoms with Crippen LogP contribution in [0.25, 0.3) is 250 Å². The molecule has 0 aliphatic heterocycles. The zero-order chi connectivity index (χ0) is 99.2. The quantitative estimate of drug-likeness (QED) is 0.101. The average Bonchev–Trinajstić information content (AvgIpc) is 1.57. The number of fused-ring (bicyclic) bond motifs is 22. The molecular formula is C132H86N16OS. The minimum Gasteiger partial charge on any atom is -0.497 e. The van der Waals surface area contributed by atoms with E-state index in [1.165, 1.54) is 64.6 Å².